The molecule has 0 radical (unpaired) electrons. The third-order valence-corrected chi connectivity index (χ3v) is 1.90. The standard InChI is InChI=1S/C7H14O4/c8-2-1-6-4-10-5-11-7(6)3-9/h6-9H,1-5H2/t6-,7+/m1/s1. The van der Waals surface area contributed by atoms with E-state index >= 15 is 0 Å². The maximum absolute atomic E-state index is 8.83. The van der Waals surface area contributed by atoms with Crippen LogP contribution in [0.2, 0.25) is 0 Å². The minimum absolute atomic E-state index is 0.00796. The normalized spacial score (nSPS) is 32.2. The van der Waals surface area contributed by atoms with E-state index in [9.17, 15) is 0 Å². The van der Waals surface area contributed by atoms with Crippen LogP contribution in [0.15, 0.2) is 0 Å². The first-order valence-electron chi connectivity index (χ1n) is 3.79. The van der Waals surface area contributed by atoms with Crippen molar-refractivity contribution >= 4 is 0 Å². The number of ether oxygens (including phenoxy) is 2. The first-order valence-corrected chi connectivity index (χ1v) is 3.79. The Kier molecular flexibility index (Phi) is 3.79. The zero-order valence-electron chi connectivity index (χ0n) is 6.40. The largest absolute Gasteiger partial charge is 0.396 e. The quantitative estimate of drug-likeness (QED) is 0.579. The van der Waals surface area contributed by atoms with Gasteiger partial charge in [0.2, 0.25) is 0 Å². The monoisotopic (exact) mass is 162 g/mol. The van der Waals surface area contributed by atoms with Crippen molar-refractivity contribution in [3.05, 3.63) is 0 Å². The third-order valence-electron chi connectivity index (χ3n) is 1.90. The highest BCUT2D eigenvalue weighted by atomic mass is 16.7. The van der Waals surface area contributed by atoms with E-state index in [2.05, 4.69) is 0 Å². The smallest absolute Gasteiger partial charge is 0.147 e. The minimum atomic E-state index is -0.157. The van der Waals surface area contributed by atoms with E-state index in [0.29, 0.717) is 13.0 Å². The van der Waals surface area contributed by atoms with Crippen LogP contribution in [0, 0.1) is 5.92 Å². The molecule has 1 aliphatic rings. The lowest BCUT2D eigenvalue weighted by molar-refractivity contribution is -0.182. The van der Waals surface area contributed by atoms with E-state index in [1.165, 1.54) is 0 Å². The fourth-order valence-corrected chi connectivity index (χ4v) is 1.22. The molecule has 1 heterocycles. The Balaban J connectivity index is 2.31. The molecule has 0 amide bonds. The molecule has 2 N–H and O–H groups in total. The molecule has 0 aliphatic carbocycles. The number of hydrogen-bond acceptors (Lipinski definition) is 4. The molecule has 1 rings (SSSR count). The Labute approximate surface area is 65.7 Å². The van der Waals surface area contributed by atoms with Gasteiger partial charge < -0.3 is 19.7 Å². The summed E-state index contributed by atoms with van der Waals surface area (Å²) in [6, 6.07) is 0. The summed E-state index contributed by atoms with van der Waals surface area (Å²) in [5, 5.41) is 17.5. The second-order valence-electron chi connectivity index (χ2n) is 2.65. The Hall–Kier alpha value is -0.160. The van der Waals surface area contributed by atoms with Gasteiger partial charge in [0.25, 0.3) is 0 Å². The zero-order valence-corrected chi connectivity index (χ0v) is 6.40. The van der Waals surface area contributed by atoms with Crippen LogP contribution >= 0.6 is 0 Å². The van der Waals surface area contributed by atoms with Crippen LogP contribution < -0.4 is 0 Å². The molecule has 0 aromatic rings. The molecule has 4 nitrogen and oxygen atoms in total. The predicted octanol–water partition coefficient (Wildman–Crippen LogP) is -0.650. The minimum Gasteiger partial charge on any atom is -0.396 e. The summed E-state index contributed by atoms with van der Waals surface area (Å²) in [6.45, 7) is 0.959. The number of hydrogen-bond donors (Lipinski definition) is 2. The van der Waals surface area contributed by atoms with Crippen molar-refractivity contribution in [2.45, 2.75) is 12.5 Å². The van der Waals surface area contributed by atoms with Crippen molar-refractivity contribution in [3.8, 4) is 0 Å². The van der Waals surface area contributed by atoms with Crippen molar-refractivity contribution in [1.82, 2.24) is 0 Å². The Bertz CT molecular complexity index is 105. The van der Waals surface area contributed by atoms with Crippen molar-refractivity contribution in [1.29, 1.82) is 0 Å². The zero-order chi connectivity index (χ0) is 8.10. The molecule has 11 heavy (non-hydrogen) atoms. The fraction of sp³-hybridized carbons (Fsp3) is 1.00. The van der Waals surface area contributed by atoms with Gasteiger partial charge in [0.15, 0.2) is 0 Å². The molecule has 0 spiro atoms. The maximum atomic E-state index is 8.83. The van der Waals surface area contributed by atoms with Gasteiger partial charge in [-0.15, -0.1) is 0 Å². The lowest BCUT2D eigenvalue weighted by Gasteiger charge is -2.29. The molecular formula is C7H14O4. The first-order chi connectivity index (χ1) is 5.38. The Morgan fingerprint density at radius 3 is 2.82 bits per heavy atom. The third kappa shape index (κ3) is 2.41. The van der Waals surface area contributed by atoms with Gasteiger partial charge in [-0.05, 0) is 6.42 Å². The van der Waals surface area contributed by atoms with E-state index in [-0.39, 0.29) is 32.0 Å². The highest BCUT2D eigenvalue weighted by molar-refractivity contribution is 4.70. The van der Waals surface area contributed by atoms with E-state index in [1.54, 1.807) is 0 Å². The van der Waals surface area contributed by atoms with Crippen LogP contribution in [-0.4, -0.2) is 42.9 Å². The van der Waals surface area contributed by atoms with Crippen LogP contribution in [0.5, 0.6) is 0 Å². The van der Waals surface area contributed by atoms with Gasteiger partial charge in [-0.1, -0.05) is 0 Å². The summed E-state index contributed by atoms with van der Waals surface area (Å²) in [4.78, 5) is 0. The van der Waals surface area contributed by atoms with E-state index in [1.807, 2.05) is 0 Å². The molecule has 0 saturated carbocycles. The molecule has 0 bridgehead atoms. The van der Waals surface area contributed by atoms with Crippen molar-refractivity contribution in [2.75, 3.05) is 26.6 Å². The lowest BCUT2D eigenvalue weighted by atomic mass is 10.00. The van der Waals surface area contributed by atoms with Crippen LogP contribution in [-0.2, 0) is 9.47 Å². The van der Waals surface area contributed by atoms with E-state index in [4.69, 9.17) is 19.7 Å². The van der Waals surface area contributed by atoms with Crippen LogP contribution in [0.4, 0.5) is 0 Å². The second kappa shape index (κ2) is 4.66. The van der Waals surface area contributed by atoms with Gasteiger partial charge in [-0.3, -0.25) is 0 Å². The molecule has 1 fully saturated rings. The molecule has 0 unspecified atom stereocenters. The summed E-state index contributed by atoms with van der Waals surface area (Å²) < 4.78 is 10.1. The molecule has 1 aliphatic heterocycles. The lowest BCUT2D eigenvalue weighted by Crippen LogP contribution is -2.37. The van der Waals surface area contributed by atoms with Gasteiger partial charge in [-0.25, -0.2) is 0 Å². The number of rotatable bonds is 3. The maximum Gasteiger partial charge on any atom is 0.147 e. The molecule has 66 valence electrons. The number of aliphatic hydroxyl groups is 2. The average molecular weight is 162 g/mol. The Morgan fingerprint density at radius 1 is 1.36 bits per heavy atom. The molecule has 1 saturated heterocycles. The summed E-state index contributed by atoms with van der Waals surface area (Å²) in [7, 11) is 0. The highest BCUT2D eigenvalue weighted by Gasteiger charge is 2.24. The van der Waals surface area contributed by atoms with Crippen molar-refractivity contribution in [3.63, 3.8) is 0 Å². The fourth-order valence-electron chi connectivity index (χ4n) is 1.22. The topological polar surface area (TPSA) is 58.9 Å². The highest BCUT2D eigenvalue weighted by Crippen LogP contribution is 2.16. The summed E-state index contributed by atoms with van der Waals surface area (Å²) in [5.41, 5.74) is 0. The van der Waals surface area contributed by atoms with Gasteiger partial charge in [0, 0.05) is 12.5 Å². The molecule has 0 aromatic heterocycles. The van der Waals surface area contributed by atoms with Crippen LogP contribution in [0.3, 0.4) is 0 Å². The molecule has 0 aromatic carbocycles. The van der Waals surface area contributed by atoms with Crippen molar-refractivity contribution in [2.24, 2.45) is 5.92 Å². The summed E-state index contributed by atoms with van der Waals surface area (Å²) >= 11 is 0. The van der Waals surface area contributed by atoms with Gasteiger partial charge in [-0.2, -0.15) is 0 Å². The van der Waals surface area contributed by atoms with Gasteiger partial charge in [0.1, 0.15) is 6.79 Å². The average Bonchev–Trinajstić information content (AvgIpc) is 2.06. The SMILES string of the molecule is OCC[C@@H]1COCO[C@H]1CO. The Morgan fingerprint density at radius 2 is 2.18 bits per heavy atom. The van der Waals surface area contributed by atoms with Gasteiger partial charge in [0.05, 0.1) is 19.3 Å². The number of aliphatic hydroxyl groups excluding tert-OH is 2. The van der Waals surface area contributed by atoms with E-state index < -0.39 is 0 Å². The van der Waals surface area contributed by atoms with Gasteiger partial charge >= 0.3 is 0 Å². The molecule has 4 heteroatoms. The van der Waals surface area contributed by atoms with Crippen LogP contribution in [0.1, 0.15) is 6.42 Å². The molecule has 2 atom stereocenters. The predicted molar refractivity (Wildman–Crippen MR) is 38.0 cm³/mol. The first kappa shape index (κ1) is 8.93. The summed E-state index contributed by atoms with van der Waals surface area (Å²) in [6.07, 6.45) is 0.474. The molecular weight excluding hydrogens is 148 g/mol. The second-order valence-corrected chi connectivity index (χ2v) is 2.65. The van der Waals surface area contributed by atoms with Crippen LogP contribution in [0.25, 0.3) is 0 Å². The van der Waals surface area contributed by atoms with Crippen molar-refractivity contribution < 1.29 is 19.7 Å². The van der Waals surface area contributed by atoms with E-state index in [0.717, 1.165) is 0 Å². The summed E-state index contributed by atoms with van der Waals surface area (Å²) in [5.74, 6) is 0.138.